The van der Waals surface area contributed by atoms with E-state index in [2.05, 4.69) is 52.0 Å². The highest BCUT2D eigenvalue weighted by molar-refractivity contribution is 5.30. The van der Waals surface area contributed by atoms with Crippen molar-refractivity contribution in [2.45, 2.75) is 71.8 Å². The Hall–Kier alpha value is -0.820. The highest BCUT2D eigenvalue weighted by atomic mass is 14.7. The van der Waals surface area contributed by atoms with Gasteiger partial charge in [0.1, 0.15) is 0 Å². The summed E-state index contributed by atoms with van der Waals surface area (Å²) in [5.74, 6) is 0.818. The van der Waals surface area contributed by atoms with Crippen LogP contribution in [0.15, 0.2) is 24.3 Å². The summed E-state index contributed by atoms with van der Waals surface area (Å²) in [6, 6.07) is 9.00. The summed E-state index contributed by atoms with van der Waals surface area (Å²) < 4.78 is 0. The third-order valence-electron chi connectivity index (χ3n) is 5.14. The highest BCUT2D eigenvalue weighted by Crippen LogP contribution is 2.44. The summed E-state index contributed by atoms with van der Waals surface area (Å²) >= 11 is 0. The first-order valence-corrected chi connectivity index (χ1v) is 8.23. The van der Waals surface area contributed by atoms with Crippen molar-refractivity contribution in [3.05, 3.63) is 35.4 Å². The number of rotatable bonds is 3. The summed E-state index contributed by atoms with van der Waals surface area (Å²) in [7, 11) is 0. The zero-order valence-corrected chi connectivity index (χ0v) is 13.7. The lowest BCUT2D eigenvalue weighted by Gasteiger charge is -2.42. The first kappa shape index (κ1) is 15.6. The minimum absolute atomic E-state index is 0.0918. The fourth-order valence-corrected chi connectivity index (χ4v) is 3.61. The average molecular weight is 273 g/mol. The number of nitrogens with two attached hydrogens (primary N) is 1. The molecule has 0 aliphatic heterocycles. The molecule has 1 aromatic carbocycles. The van der Waals surface area contributed by atoms with Gasteiger partial charge in [-0.05, 0) is 54.6 Å². The Bertz CT molecular complexity index is 433. The summed E-state index contributed by atoms with van der Waals surface area (Å²) in [5.41, 5.74) is 9.88. The van der Waals surface area contributed by atoms with Crippen LogP contribution in [0, 0.1) is 11.3 Å². The molecule has 0 heterocycles. The van der Waals surface area contributed by atoms with Gasteiger partial charge in [-0.25, -0.2) is 0 Å². The molecule has 1 aliphatic rings. The quantitative estimate of drug-likeness (QED) is 0.821. The van der Waals surface area contributed by atoms with Gasteiger partial charge in [-0.3, -0.25) is 0 Å². The van der Waals surface area contributed by atoms with Crippen LogP contribution in [0.2, 0.25) is 0 Å². The van der Waals surface area contributed by atoms with Gasteiger partial charge in [0.25, 0.3) is 0 Å². The summed E-state index contributed by atoms with van der Waals surface area (Å²) in [6.07, 6.45) is 7.15. The number of hydrogen-bond acceptors (Lipinski definition) is 1. The maximum Gasteiger partial charge on any atom is 0.0409 e. The maximum atomic E-state index is 6.75. The van der Waals surface area contributed by atoms with Crippen LogP contribution in [0.3, 0.4) is 0 Å². The second-order valence-corrected chi connectivity index (χ2v) is 7.75. The molecule has 2 N–H and O–H groups in total. The Morgan fingerprint density at radius 2 is 1.85 bits per heavy atom. The Labute approximate surface area is 125 Å². The van der Waals surface area contributed by atoms with E-state index in [0.717, 1.165) is 25.2 Å². The van der Waals surface area contributed by atoms with Gasteiger partial charge in [-0.2, -0.15) is 0 Å². The van der Waals surface area contributed by atoms with Gasteiger partial charge in [0.2, 0.25) is 0 Å². The predicted octanol–water partition coefficient (Wildman–Crippen LogP) is 5.03. The smallest absolute Gasteiger partial charge is 0.0409 e. The van der Waals surface area contributed by atoms with Crippen LogP contribution in [-0.2, 0) is 12.0 Å². The number of benzene rings is 1. The molecule has 0 atom stereocenters. The van der Waals surface area contributed by atoms with E-state index in [0.29, 0.717) is 5.41 Å². The highest BCUT2D eigenvalue weighted by Gasteiger charge is 2.37. The van der Waals surface area contributed by atoms with Gasteiger partial charge in [0, 0.05) is 5.54 Å². The maximum absolute atomic E-state index is 6.75. The van der Waals surface area contributed by atoms with E-state index in [1.165, 1.54) is 30.4 Å². The molecule has 0 aromatic heterocycles. The van der Waals surface area contributed by atoms with Crippen LogP contribution >= 0.6 is 0 Å². The van der Waals surface area contributed by atoms with Gasteiger partial charge in [-0.15, -0.1) is 0 Å². The molecule has 112 valence electrons. The zero-order chi connectivity index (χ0) is 14.8. The second-order valence-electron chi connectivity index (χ2n) is 7.75. The standard InChI is InChI=1S/C19H31N/c1-5-7-15-8-6-9-17(14-15)19(20)12-10-16(11-13-19)18(2,3)4/h6,8-9,14,16H,5,7,10-13,20H2,1-4H3. The van der Waals surface area contributed by atoms with Crippen molar-refractivity contribution in [3.63, 3.8) is 0 Å². The molecule has 0 spiro atoms. The molecule has 2 rings (SSSR count). The van der Waals surface area contributed by atoms with Crippen molar-refractivity contribution in [2.24, 2.45) is 17.1 Å². The lowest BCUT2D eigenvalue weighted by atomic mass is 9.66. The molecule has 1 aliphatic carbocycles. The topological polar surface area (TPSA) is 26.0 Å². The number of aryl methyl sites for hydroxylation is 1. The first-order valence-electron chi connectivity index (χ1n) is 8.23. The van der Waals surface area contributed by atoms with Crippen molar-refractivity contribution in [2.75, 3.05) is 0 Å². The molecule has 1 saturated carbocycles. The fourth-order valence-electron chi connectivity index (χ4n) is 3.61. The molecule has 0 amide bonds. The SMILES string of the molecule is CCCc1cccc(C2(N)CCC(C(C)(C)C)CC2)c1. The van der Waals surface area contributed by atoms with Crippen LogP contribution < -0.4 is 5.73 Å². The van der Waals surface area contributed by atoms with Crippen molar-refractivity contribution in [3.8, 4) is 0 Å². The Morgan fingerprint density at radius 1 is 1.20 bits per heavy atom. The van der Waals surface area contributed by atoms with E-state index in [9.17, 15) is 0 Å². The van der Waals surface area contributed by atoms with E-state index in [4.69, 9.17) is 5.73 Å². The van der Waals surface area contributed by atoms with Crippen molar-refractivity contribution in [1.29, 1.82) is 0 Å². The molecule has 1 nitrogen and oxygen atoms in total. The lowest BCUT2D eigenvalue weighted by molar-refractivity contribution is 0.134. The molecule has 20 heavy (non-hydrogen) atoms. The molecule has 1 aromatic rings. The Balaban J connectivity index is 2.11. The van der Waals surface area contributed by atoms with Gasteiger partial charge < -0.3 is 5.73 Å². The van der Waals surface area contributed by atoms with Crippen LogP contribution in [-0.4, -0.2) is 0 Å². The summed E-state index contributed by atoms with van der Waals surface area (Å²) in [6.45, 7) is 9.33. The molecule has 1 heteroatoms. The van der Waals surface area contributed by atoms with Crippen molar-refractivity contribution >= 4 is 0 Å². The summed E-state index contributed by atoms with van der Waals surface area (Å²) in [5, 5.41) is 0. The average Bonchev–Trinajstić information content (AvgIpc) is 2.39. The number of hydrogen-bond donors (Lipinski definition) is 1. The molecular formula is C19H31N. The van der Waals surface area contributed by atoms with Crippen LogP contribution in [0.5, 0.6) is 0 Å². The lowest BCUT2D eigenvalue weighted by Crippen LogP contribution is -2.42. The molecular weight excluding hydrogens is 242 g/mol. The monoisotopic (exact) mass is 273 g/mol. The largest absolute Gasteiger partial charge is 0.321 e. The third-order valence-corrected chi connectivity index (χ3v) is 5.14. The minimum atomic E-state index is -0.0918. The van der Waals surface area contributed by atoms with Gasteiger partial charge in [0.05, 0.1) is 0 Å². The van der Waals surface area contributed by atoms with E-state index in [-0.39, 0.29) is 5.54 Å². The second kappa shape index (κ2) is 5.89. The predicted molar refractivity (Wildman–Crippen MR) is 87.7 cm³/mol. The van der Waals surface area contributed by atoms with E-state index in [1.54, 1.807) is 0 Å². The van der Waals surface area contributed by atoms with Crippen molar-refractivity contribution < 1.29 is 0 Å². The molecule has 0 bridgehead atoms. The molecule has 0 saturated heterocycles. The van der Waals surface area contributed by atoms with Gasteiger partial charge in [0.15, 0.2) is 0 Å². The normalized spacial score (nSPS) is 27.6. The van der Waals surface area contributed by atoms with Gasteiger partial charge >= 0.3 is 0 Å². The Kier molecular flexibility index (Phi) is 4.59. The zero-order valence-electron chi connectivity index (χ0n) is 13.7. The summed E-state index contributed by atoms with van der Waals surface area (Å²) in [4.78, 5) is 0. The molecule has 0 unspecified atom stereocenters. The third kappa shape index (κ3) is 3.44. The van der Waals surface area contributed by atoms with Crippen LogP contribution in [0.1, 0.15) is 70.9 Å². The first-order chi connectivity index (χ1) is 9.35. The minimum Gasteiger partial charge on any atom is -0.321 e. The van der Waals surface area contributed by atoms with Gasteiger partial charge in [-0.1, -0.05) is 58.4 Å². The van der Waals surface area contributed by atoms with E-state index >= 15 is 0 Å². The van der Waals surface area contributed by atoms with E-state index in [1.807, 2.05) is 0 Å². The van der Waals surface area contributed by atoms with Crippen LogP contribution in [0.4, 0.5) is 0 Å². The fraction of sp³-hybridized carbons (Fsp3) is 0.684. The molecule has 0 radical (unpaired) electrons. The van der Waals surface area contributed by atoms with Crippen LogP contribution in [0.25, 0.3) is 0 Å². The molecule has 1 fully saturated rings. The Morgan fingerprint density at radius 3 is 2.40 bits per heavy atom. The van der Waals surface area contributed by atoms with E-state index < -0.39 is 0 Å². The van der Waals surface area contributed by atoms with Crippen molar-refractivity contribution in [1.82, 2.24) is 0 Å².